The number of carbonyl (C=O) groups is 2. The van der Waals surface area contributed by atoms with E-state index in [0.717, 1.165) is 18.5 Å². The van der Waals surface area contributed by atoms with E-state index in [4.69, 9.17) is 4.74 Å². The van der Waals surface area contributed by atoms with E-state index in [1.54, 1.807) is 41.9 Å². The lowest BCUT2D eigenvalue weighted by molar-refractivity contribution is 0.0941. The zero-order valence-electron chi connectivity index (χ0n) is 18.0. The molecule has 1 aliphatic rings. The van der Waals surface area contributed by atoms with Gasteiger partial charge in [0.1, 0.15) is 0 Å². The molecule has 32 heavy (non-hydrogen) atoms. The minimum atomic E-state index is -0.308. The number of ketones is 1. The lowest BCUT2D eigenvalue weighted by Gasteiger charge is -2.12. The van der Waals surface area contributed by atoms with Gasteiger partial charge in [-0.15, -0.1) is 5.10 Å². The average molecular weight is 456 g/mol. The molecule has 3 heterocycles. The van der Waals surface area contributed by atoms with Crippen molar-refractivity contribution in [2.75, 3.05) is 17.8 Å². The molecular weight excluding hydrogens is 430 g/mol. The third-order valence-corrected chi connectivity index (χ3v) is 6.42. The number of amides is 1. The van der Waals surface area contributed by atoms with Crippen molar-refractivity contribution in [1.29, 1.82) is 0 Å². The van der Waals surface area contributed by atoms with Crippen LogP contribution in [0.15, 0.2) is 46.3 Å². The highest BCUT2D eigenvalue weighted by molar-refractivity contribution is 7.99. The first kappa shape index (κ1) is 22.1. The van der Waals surface area contributed by atoms with Crippen molar-refractivity contribution in [1.82, 2.24) is 19.4 Å². The van der Waals surface area contributed by atoms with Crippen molar-refractivity contribution in [2.24, 2.45) is 0 Å². The predicted octanol–water partition coefficient (Wildman–Crippen LogP) is 2.53. The Hall–Kier alpha value is -3.11. The van der Waals surface area contributed by atoms with E-state index in [0.29, 0.717) is 35.1 Å². The molecular formula is C22H25N5O4S. The number of H-pyrrole nitrogens is 1. The molecule has 3 aromatic rings. The number of aromatic nitrogens is 4. The molecule has 0 spiro atoms. The lowest BCUT2D eigenvalue weighted by atomic mass is 10.2. The summed E-state index contributed by atoms with van der Waals surface area (Å²) in [6.45, 7) is 4.74. The fourth-order valence-corrected chi connectivity index (χ4v) is 4.59. The Balaban J connectivity index is 1.44. The molecule has 2 aromatic heterocycles. The van der Waals surface area contributed by atoms with Gasteiger partial charge in [-0.1, -0.05) is 30.0 Å². The summed E-state index contributed by atoms with van der Waals surface area (Å²) in [5, 5.41) is 6.98. The maximum atomic E-state index is 12.9. The fraction of sp³-hybridized carbons (Fsp3) is 0.364. The van der Waals surface area contributed by atoms with Crippen LogP contribution in [0.2, 0.25) is 0 Å². The van der Waals surface area contributed by atoms with Crippen molar-refractivity contribution < 1.29 is 14.3 Å². The van der Waals surface area contributed by atoms with Gasteiger partial charge < -0.3 is 4.74 Å². The first-order valence-corrected chi connectivity index (χ1v) is 11.4. The van der Waals surface area contributed by atoms with Crippen LogP contribution >= 0.6 is 11.8 Å². The molecule has 1 fully saturated rings. The zero-order valence-corrected chi connectivity index (χ0v) is 18.8. The molecule has 1 amide bonds. The topological polar surface area (TPSA) is 111 Å². The molecule has 0 radical (unpaired) electrons. The van der Waals surface area contributed by atoms with Crippen LogP contribution in [0.5, 0.6) is 0 Å². The van der Waals surface area contributed by atoms with Crippen LogP contribution in [0, 0.1) is 13.8 Å². The van der Waals surface area contributed by atoms with Gasteiger partial charge in [-0.25, -0.2) is 9.89 Å². The van der Waals surface area contributed by atoms with Gasteiger partial charge >= 0.3 is 5.69 Å². The summed E-state index contributed by atoms with van der Waals surface area (Å²) in [4.78, 5) is 37.6. The van der Waals surface area contributed by atoms with E-state index in [1.807, 2.05) is 13.0 Å². The molecule has 1 saturated heterocycles. The minimum Gasteiger partial charge on any atom is -0.376 e. The number of aromatic amines is 1. The van der Waals surface area contributed by atoms with Crippen molar-refractivity contribution in [3.8, 4) is 0 Å². The molecule has 9 nitrogen and oxygen atoms in total. The van der Waals surface area contributed by atoms with Crippen LogP contribution in [-0.2, 0) is 11.3 Å². The zero-order chi connectivity index (χ0) is 22.7. The Morgan fingerprint density at radius 3 is 2.78 bits per heavy atom. The molecule has 0 aliphatic carbocycles. The van der Waals surface area contributed by atoms with Crippen LogP contribution in [0.1, 0.15) is 44.9 Å². The van der Waals surface area contributed by atoms with Gasteiger partial charge in [0.25, 0.3) is 5.91 Å². The fourth-order valence-electron chi connectivity index (χ4n) is 3.75. The third-order valence-electron chi connectivity index (χ3n) is 5.45. The average Bonchev–Trinajstić information content (AvgIpc) is 3.50. The highest BCUT2D eigenvalue weighted by atomic mass is 32.2. The number of ether oxygens (including phenoxy) is 1. The molecule has 4 rings (SSSR count). The summed E-state index contributed by atoms with van der Waals surface area (Å²) in [6.07, 6.45) is 1.88. The Morgan fingerprint density at radius 1 is 1.28 bits per heavy atom. The van der Waals surface area contributed by atoms with Crippen molar-refractivity contribution in [3.63, 3.8) is 0 Å². The molecule has 0 saturated carbocycles. The van der Waals surface area contributed by atoms with Gasteiger partial charge in [0, 0.05) is 29.1 Å². The largest absolute Gasteiger partial charge is 0.376 e. The smallest absolute Gasteiger partial charge is 0.344 e. The standard InChI is InChI=1S/C22H25N5O4S/c1-14-11-18(15(2)27(14)25-20(29)16-7-4-3-5-8-16)19(28)13-32-22-24-23-21(30)26(22)12-17-9-6-10-31-17/h3-5,7-8,11,17H,6,9-10,12-13H2,1-2H3,(H,23,30)(H,25,29). The van der Waals surface area contributed by atoms with Crippen LogP contribution < -0.4 is 11.1 Å². The lowest BCUT2D eigenvalue weighted by Crippen LogP contribution is -2.25. The molecule has 10 heteroatoms. The number of thioether (sulfide) groups is 1. The number of rotatable bonds is 8. The number of aryl methyl sites for hydroxylation is 1. The second kappa shape index (κ2) is 9.58. The molecule has 0 bridgehead atoms. The first-order valence-electron chi connectivity index (χ1n) is 10.4. The van der Waals surface area contributed by atoms with Gasteiger partial charge in [-0.2, -0.15) is 0 Å². The summed E-state index contributed by atoms with van der Waals surface area (Å²) < 4.78 is 8.76. The van der Waals surface area contributed by atoms with E-state index in [2.05, 4.69) is 15.6 Å². The van der Waals surface area contributed by atoms with E-state index in [1.165, 1.54) is 16.3 Å². The summed E-state index contributed by atoms with van der Waals surface area (Å²) >= 11 is 1.21. The van der Waals surface area contributed by atoms with Crippen molar-refractivity contribution >= 4 is 23.5 Å². The minimum absolute atomic E-state index is 0.00694. The maximum absolute atomic E-state index is 12.9. The van der Waals surface area contributed by atoms with Gasteiger partial charge in [-0.3, -0.25) is 24.3 Å². The Morgan fingerprint density at radius 2 is 2.06 bits per heavy atom. The number of Topliss-reactive ketones (excluding diaryl/α,β-unsaturated/α-hetero) is 1. The highest BCUT2D eigenvalue weighted by Gasteiger charge is 2.22. The summed E-state index contributed by atoms with van der Waals surface area (Å²) in [5.74, 6) is -0.245. The second-order valence-electron chi connectivity index (χ2n) is 7.70. The molecule has 1 atom stereocenters. The van der Waals surface area contributed by atoms with Crippen molar-refractivity contribution in [3.05, 3.63) is 69.4 Å². The maximum Gasteiger partial charge on any atom is 0.344 e. The monoisotopic (exact) mass is 455 g/mol. The highest BCUT2D eigenvalue weighted by Crippen LogP contribution is 2.21. The van der Waals surface area contributed by atoms with Gasteiger partial charge in [-0.05, 0) is 44.9 Å². The summed E-state index contributed by atoms with van der Waals surface area (Å²) in [5.41, 5.74) is 4.98. The molecule has 2 N–H and O–H groups in total. The van der Waals surface area contributed by atoms with E-state index in [9.17, 15) is 14.4 Å². The van der Waals surface area contributed by atoms with Gasteiger partial charge in [0.05, 0.1) is 18.4 Å². The van der Waals surface area contributed by atoms with Crippen LogP contribution in [0.4, 0.5) is 0 Å². The molecule has 1 unspecified atom stereocenters. The first-order chi connectivity index (χ1) is 15.4. The predicted molar refractivity (Wildman–Crippen MR) is 121 cm³/mol. The number of nitrogens with one attached hydrogen (secondary N) is 2. The quantitative estimate of drug-likeness (QED) is 0.399. The molecule has 1 aliphatic heterocycles. The molecule has 1 aromatic carbocycles. The van der Waals surface area contributed by atoms with Gasteiger partial charge in [0.2, 0.25) is 0 Å². The van der Waals surface area contributed by atoms with Crippen LogP contribution in [-0.4, -0.2) is 49.6 Å². The number of hydrogen-bond acceptors (Lipinski definition) is 6. The third kappa shape index (κ3) is 4.71. The van der Waals surface area contributed by atoms with Crippen molar-refractivity contribution in [2.45, 2.75) is 44.5 Å². The Labute approximate surface area is 189 Å². The summed E-state index contributed by atoms with van der Waals surface area (Å²) in [7, 11) is 0. The number of hydrogen-bond donors (Lipinski definition) is 2. The number of benzene rings is 1. The summed E-state index contributed by atoms with van der Waals surface area (Å²) in [6, 6.07) is 10.6. The Bertz CT molecular complexity index is 1170. The number of nitrogens with zero attached hydrogens (tertiary/aromatic N) is 3. The van der Waals surface area contributed by atoms with E-state index < -0.39 is 0 Å². The Kier molecular flexibility index (Phi) is 6.61. The second-order valence-corrected chi connectivity index (χ2v) is 8.64. The van der Waals surface area contributed by atoms with E-state index in [-0.39, 0.29) is 29.2 Å². The number of carbonyl (C=O) groups excluding carboxylic acids is 2. The van der Waals surface area contributed by atoms with Crippen LogP contribution in [0.25, 0.3) is 0 Å². The van der Waals surface area contributed by atoms with Crippen LogP contribution in [0.3, 0.4) is 0 Å². The SMILES string of the molecule is Cc1cc(C(=O)CSc2n[nH]c(=O)n2CC2CCCO2)c(C)n1NC(=O)c1ccccc1. The molecule has 168 valence electrons. The van der Waals surface area contributed by atoms with E-state index >= 15 is 0 Å². The normalized spacial score (nSPS) is 15.8. The van der Waals surface area contributed by atoms with Gasteiger partial charge in [0.15, 0.2) is 10.9 Å².